The molecule has 0 aromatic heterocycles. The van der Waals surface area contributed by atoms with Crippen molar-refractivity contribution < 1.29 is 9.59 Å². The summed E-state index contributed by atoms with van der Waals surface area (Å²) in [4.78, 5) is 24.0. The lowest BCUT2D eigenvalue weighted by Gasteiger charge is -2.15. The Hall–Kier alpha value is -2.58. The van der Waals surface area contributed by atoms with Gasteiger partial charge in [-0.2, -0.15) is 5.26 Å². The minimum Gasteiger partial charge on any atom is -0.325 e. The standard InChI is InChI=1S/C21H22N2O2S/c1-13-9-14(2)21(16(4)24)15(3)19(13)11-26-12-20(25)23-18-7-5-17(10-22)6-8-18/h5-9H,11-12H2,1-4H3,(H,23,25). The molecule has 0 aliphatic rings. The molecule has 2 aromatic carbocycles. The van der Waals surface area contributed by atoms with Crippen LogP contribution in [0.2, 0.25) is 0 Å². The van der Waals surface area contributed by atoms with Gasteiger partial charge >= 0.3 is 0 Å². The van der Waals surface area contributed by atoms with Crippen molar-refractivity contribution in [2.45, 2.75) is 33.4 Å². The van der Waals surface area contributed by atoms with Gasteiger partial charge in [-0.15, -0.1) is 11.8 Å². The minimum absolute atomic E-state index is 0.0739. The van der Waals surface area contributed by atoms with E-state index in [9.17, 15) is 9.59 Å². The molecule has 0 radical (unpaired) electrons. The van der Waals surface area contributed by atoms with E-state index in [1.54, 1.807) is 31.2 Å². The predicted octanol–water partition coefficient (Wildman–Crippen LogP) is 4.56. The van der Waals surface area contributed by atoms with Crippen molar-refractivity contribution in [3.05, 3.63) is 63.7 Å². The first-order valence-electron chi connectivity index (χ1n) is 8.32. The lowest BCUT2D eigenvalue weighted by molar-refractivity contribution is -0.113. The van der Waals surface area contributed by atoms with Crippen molar-refractivity contribution in [3.8, 4) is 6.07 Å². The quantitative estimate of drug-likeness (QED) is 0.761. The monoisotopic (exact) mass is 366 g/mol. The molecule has 1 amide bonds. The zero-order valence-corrected chi connectivity index (χ0v) is 16.3. The number of amides is 1. The Labute approximate surface area is 158 Å². The highest BCUT2D eigenvalue weighted by Gasteiger charge is 2.14. The molecular weight excluding hydrogens is 344 g/mol. The van der Waals surface area contributed by atoms with E-state index in [0.29, 0.717) is 22.8 Å². The van der Waals surface area contributed by atoms with Crippen LogP contribution >= 0.6 is 11.8 Å². The molecule has 134 valence electrons. The van der Waals surface area contributed by atoms with Crippen LogP contribution in [-0.4, -0.2) is 17.4 Å². The Bertz CT molecular complexity index is 880. The van der Waals surface area contributed by atoms with E-state index in [1.807, 2.05) is 32.9 Å². The molecule has 0 fully saturated rings. The second-order valence-electron chi connectivity index (χ2n) is 6.28. The van der Waals surface area contributed by atoms with Crippen LogP contribution in [0.25, 0.3) is 0 Å². The number of Topliss-reactive ketones (excluding diaryl/α,β-unsaturated/α-hetero) is 1. The van der Waals surface area contributed by atoms with Crippen LogP contribution in [0.15, 0.2) is 30.3 Å². The van der Waals surface area contributed by atoms with Crippen LogP contribution in [0.3, 0.4) is 0 Å². The maximum atomic E-state index is 12.1. The summed E-state index contributed by atoms with van der Waals surface area (Å²) < 4.78 is 0. The van der Waals surface area contributed by atoms with Crippen molar-refractivity contribution >= 4 is 29.1 Å². The first-order valence-corrected chi connectivity index (χ1v) is 9.47. The molecule has 2 rings (SSSR count). The second kappa shape index (κ2) is 8.68. The summed E-state index contributed by atoms with van der Waals surface area (Å²) >= 11 is 1.52. The van der Waals surface area contributed by atoms with Gasteiger partial charge in [0.15, 0.2) is 5.78 Å². The average molecular weight is 366 g/mol. The summed E-state index contributed by atoms with van der Waals surface area (Å²) in [7, 11) is 0. The predicted molar refractivity (Wildman–Crippen MR) is 107 cm³/mol. The molecule has 1 N–H and O–H groups in total. The molecule has 0 saturated heterocycles. The van der Waals surface area contributed by atoms with Crippen molar-refractivity contribution in [1.82, 2.24) is 0 Å². The first-order chi connectivity index (χ1) is 12.3. The molecule has 0 unspecified atom stereocenters. The molecule has 26 heavy (non-hydrogen) atoms. The molecule has 0 aliphatic heterocycles. The van der Waals surface area contributed by atoms with Gasteiger partial charge in [0, 0.05) is 17.0 Å². The lowest BCUT2D eigenvalue weighted by Crippen LogP contribution is -2.14. The molecule has 5 heteroatoms. The third kappa shape index (κ3) is 4.74. The fraction of sp³-hybridized carbons (Fsp3) is 0.286. The highest BCUT2D eigenvalue weighted by atomic mass is 32.2. The number of carbonyl (C=O) groups is 2. The number of aryl methyl sites for hydroxylation is 2. The number of thioether (sulfide) groups is 1. The largest absolute Gasteiger partial charge is 0.325 e. The Morgan fingerprint density at radius 3 is 2.35 bits per heavy atom. The summed E-state index contributed by atoms with van der Waals surface area (Å²) in [6.07, 6.45) is 0. The van der Waals surface area contributed by atoms with Crippen LogP contribution in [0.5, 0.6) is 0 Å². The number of hydrogen-bond donors (Lipinski definition) is 1. The second-order valence-corrected chi connectivity index (χ2v) is 7.26. The van der Waals surface area contributed by atoms with Crippen molar-refractivity contribution in [2.24, 2.45) is 0 Å². The van der Waals surface area contributed by atoms with E-state index in [0.717, 1.165) is 27.8 Å². The number of anilines is 1. The fourth-order valence-electron chi connectivity index (χ4n) is 3.06. The summed E-state index contributed by atoms with van der Waals surface area (Å²) in [6.45, 7) is 7.56. The minimum atomic E-state index is -0.0890. The fourth-order valence-corrected chi connectivity index (χ4v) is 4.07. The molecule has 0 aliphatic carbocycles. The Morgan fingerprint density at radius 2 is 1.77 bits per heavy atom. The smallest absolute Gasteiger partial charge is 0.234 e. The number of nitrogens with zero attached hydrogens (tertiary/aromatic N) is 1. The summed E-state index contributed by atoms with van der Waals surface area (Å²) in [5.41, 5.74) is 6.30. The van der Waals surface area contributed by atoms with Crippen molar-refractivity contribution in [2.75, 3.05) is 11.1 Å². The highest BCUT2D eigenvalue weighted by Crippen LogP contribution is 2.26. The maximum absolute atomic E-state index is 12.1. The molecule has 4 nitrogen and oxygen atoms in total. The summed E-state index contributed by atoms with van der Waals surface area (Å²) in [6, 6.07) is 10.9. The van der Waals surface area contributed by atoms with Crippen LogP contribution in [0.1, 0.15) is 45.1 Å². The zero-order valence-electron chi connectivity index (χ0n) is 15.5. The molecule has 0 saturated carbocycles. The molecule has 0 heterocycles. The van der Waals surface area contributed by atoms with Crippen LogP contribution < -0.4 is 5.32 Å². The highest BCUT2D eigenvalue weighted by molar-refractivity contribution is 7.99. The third-order valence-corrected chi connectivity index (χ3v) is 5.22. The van der Waals surface area contributed by atoms with Gasteiger partial charge in [-0.3, -0.25) is 9.59 Å². The Kier molecular flexibility index (Phi) is 6.59. The number of rotatable bonds is 6. The van der Waals surface area contributed by atoms with E-state index >= 15 is 0 Å². The van der Waals surface area contributed by atoms with E-state index in [1.165, 1.54) is 11.8 Å². The van der Waals surface area contributed by atoms with Gasteiger partial charge in [0.05, 0.1) is 17.4 Å². The van der Waals surface area contributed by atoms with Crippen LogP contribution in [0, 0.1) is 32.1 Å². The van der Waals surface area contributed by atoms with Gasteiger partial charge < -0.3 is 5.32 Å². The average Bonchev–Trinajstić information content (AvgIpc) is 2.57. The third-order valence-electron chi connectivity index (χ3n) is 4.26. The van der Waals surface area contributed by atoms with E-state index < -0.39 is 0 Å². The SMILES string of the molecule is CC(=O)c1c(C)cc(C)c(CSCC(=O)Nc2ccc(C#N)cc2)c1C. The number of benzene rings is 2. The summed E-state index contributed by atoms with van der Waals surface area (Å²) in [5.74, 6) is 0.986. The normalized spacial score (nSPS) is 10.3. The molecule has 2 aromatic rings. The summed E-state index contributed by atoms with van der Waals surface area (Å²) in [5, 5.41) is 11.6. The van der Waals surface area contributed by atoms with Gasteiger partial charge in [-0.25, -0.2) is 0 Å². The van der Waals surface area contributed by atoms with Gasteiger partial charge in [-0.1, -0.05) is 6.07 Å². The van der Waals surface area contributed by atoms with Gasteiger partial charge in [-0.05, 0) is 74.2 Å². The molecule has 0 bridgehead atoms. The number of ketones is 1. The first kappa shape index (κ1) is 19.7. The van der Waals surface area contributed by atoms with Crippen LogP contribution in [-0.2, 0) is 10.5 Å². The number of hydrogen-bond acceptors (Lipinski definition) is 4. The molecule has 0 atom stereocenters. The van der Waals surface area contributed by atoms with E-state index in [2.05, 4.69) is 5.32 Å². The maximum Gasteiger partial charge on any atom is 0.234 e. The van der Waals surface area contributed by atoms with Crippen molar-refractivity contribution in [1.29, 1.82) is 5.26 Å². The number of carbonyl (C=O) groups excluding carboxylic acids is 2. The number of nitrogens with one attached hydrogen (secondary N) is 1. The molecule has 0 spiro atoms. The van der Waals surface area contributed by atoms with Gasteiger partial charge in [0.25, 0.3) is 0 Å². The van der Waals surface area contributed by atoms with Crippen molar-refractivity contribution in [3.63, 3.8) is 0 Å². The lowest BCUT2D eigenvalue weighted by atomic mass is 9.92. The topological polar surface area (TPSA) is 70.0 Å². The Morgan fingerprint density at radius 1 is 1.12 bits per heavy atom. The Balaban J connectivity index is 1.99. The number of nitriles is 1. The molecular formula is C21H22N2O2S. The van der Waals surface area contributed by atoms with E-state index in [-0.39, 0.29) is 11.7 Å². The zero-order chi connectivity index (χ0) is 19.3. The van der Waals surface area contributed by atoms with E-state index in [4.69, 9.17) is 5.26 Å². The van der Waals surface area contributed by atoms with Gasteiger partial charge in [0.2, 0.25) is 5.91 Å². The van der Waals surface area contributed by atoms with Crippen LogP contribution in [0.4, 0.5) is 5.69 Å². The van der Waals surface area contributed by atoms with Gasteiger partial charge in [0.1, 0.15) is 0 Å².